The van der Waals surface area contributed by atoms with Crippen molar-refractivity contribution in [3.05, 3.63) is 48.5 Å². The lowest BCUT2D eigenvalue weighted by molar-refractivity contribution is -0.148. The van der Waals surface area contributed by atoms with Gasteiger partial charge < -0.3 is 19.8 Å². The SMILES string of the molecule is COC(=O)C(C(C)OC(C)(C)C)N(c1ccc(-c2ccc(N)cc2)cc1)S(=O)[O-]. The number of nitrogens with two attached hydrogens (primary N) is 1. The molecule has 0 saturated carbocycles. The molecular weight excluding hydrogens is 392 g/mol. The van der Waals surface area contributed by atoms with Crippen LogP contribution in [0.3, 0.4) is 0 Å². The summed E-state index contributed by atoms with van der Waals surface area (Å²) in [6, 6.07) is 13.0. The number of esters is 1. The highest BCUT2D eigenvalue weighted by Gasteiger charge is 2.36. The number of methoxy groups -OCH3 is 1. The smallest absolute Gasteiger partial charge is 0.332 e. The number of hydrogen-bond acceptors (Lipinski definition) is 6. The lowest BCUT2D eigenvalue weighted by Gasteiger charge is -2.38. The first kappa shape index (κ1) is 22.9. The van der Waals surface area contributed by atoms with Gasteiger partial charge in [-0.25, -0.2) is 4.79 Å². The van der Waals surface area contributed by atoms with E-state index in [0.29, 0.717) is 11.4 Å². The second-order valence-corrected chi connectivity index (χ2v) is 8.44. The van der Waals surface area contributed by atoms with Gasteiger partial charge in [0.25, 0.3) is 0 Å². The fourth-order valence-electron chi connectivity index (χ4n) is 3.04. The summed E-state index contributed by atoms with van der Waals surface area (Å²) < 4.78 is 35.8. The molecule has 2 N–H and O–H groups in total. The molecule has 3 atom stereocenters. The average molecular weight is 420 g/mol. The van der Waals surface area contributed by atoms with E-state index in [1.807, 2.05) is 32.9 Å². The third kappa shape index (κ3) is 6.03. The summed E-state index contributed by atoms with van der Waals surface area (Å²) in [6.45, 7) is 7.14. The maximum absolute atomic E-state index is 12.4. The first-order valence-electron chi connectivity index (χ1n) is 9.13. The van der Waals surface area contributed by atoms with Crippen molar-refractivity contribution < 1.29 is 23.0 Å². The molecule has 0 aliphatic carbocycles. The number of carbonyl (C=O) groups excluding carboxylic acids is 1. The van der Waals surface area contributed by atoms with Crippen LogP contribution in [0.5, 0.6) is 0 Å². The Labute approximate surface area is 174 Å². The van der Waals surface area contributed by atoms with Gasteiger partial charge in [0.2, 0.25) is 0 Å². The fraction of sp³-hybridized carbons (Fsp3) is 0.381. The Balaban J connectivity index is 2.40. The van der Waals surface area contributed by atoms with Crippen molar-refractivity contribution in [2.24, 2.45) is 0 Å². The van der Waals surface area contributed by atoms with E-state index in [-0.39, 0.29) is 0 Å². The van der Waals surface area contributed by atoms with Gasteiger partial charge in [-0.2, -0.15) is 0 Å². The third-order valence-electron chi connectivity index (χ3n) is 4.21. The number of hydrogen-bond donors (Lipinski definition) is 1. The van der Waals surface area contributed by atoms with E-state index in [1.165, 1.54) is 7.11 Å². The molecular formula is C21H27N2O5S-. The largest absolute Gasteiger partial charge is 0.755 e. The lowest BCUT2D eigenvalue weighted by atomic mass is 10.0. The van der Waals surface area contributed by atoms with E-state index < -0.39 is 35.0 Å². The zero-order chi connectivity index (χ0) is 21.8. The molecule has 0 bridgehead atoms. The molecule has 0 saturated heterocycles. The van der Waals surface area contributed by atoms with E-state index in [0.717, 1.165) is 15.4 Å². The first-order valence-corrected chi connectivity index (χ1v) is 10.2. The van der Waals surface area contributed by atoms with Crippen LogP contribution in [0.15, 0.2) is 48.5 Å². The molecule has 0 aliphatic rings. The van der Waals surface area contributed by atoms with E-state index in [2.05, 4.69) is 0 Å². The maximum atomic E-state index is 12.4. The second-order valence-electron chi connectivity index (χ2n) is 7.62. The molecule has 7 nitrogen and oxygen atoms in total. The summed E-state index contributed by atoms with van der Waals surface area (Å²) in [5, 5.41) is 0. The molecule has 8 heteroatoms. The van der Waals surface area contributed by atoms with Gasteiger partial charge in [0, 0.05) is 22.6 Å². The van der Waals surface area contributed by atoms with E-state index in [9.17, 15) is 13.6 Å². The zero-order valence-electron chi connectivity index (χ0n) is 17.2. The number of nitrogens with zero attached hydrogens (tertiary/aromatic N) is 1. The summed E-state index contributed by atoms with van der Waals surface area (Å²) in [5.74, 6) is -0.700. The Morgan fingerprint density at radius 3 is 1.97 bits per heavy atom. The molecule has 3 unspecified atom stereocenters. The molecule has 0 aliphatic heterocycles. The number of ether oxygens (including phenoxy) is 2. The Kier molecular flexibility index (Phi) is 7.40. The van der Waals surface area contributed by atoms with Crippen LogP contribution in [-0.2, 0) is 25.5 Å². The van der Waals surface area contributed by atoms with Crippen LogP contribution in [0.4, 0.5) is 11.4 Å². The quantitative estimate of drug-likeness (QED) is 0.419. The van der Waals surface area contributed by atoms with Crippen molar-refractivity contribution in [2.45, 2.75) is 45.4 Å². The van der Waals surface area contributed by atoms with Crippen LogP contribution >= 0.6 is 0 Å². The van der Waals surface area contributed by atoms with Crippen molar-refractivity contribution in [1.29, 1.82) is 0 Å². The topological polar surface area (TPSA) is 105 Å². The molecule has 2 aromatic carbocycles. The minimum atomic E-state index is -2.72. The summed E-state index contributed by atoms with van der Waals surface area (Å²) in [5.41, 5.74) is 7.97. The van der Waals surface area contributed by atoms with Crippen molar-refractivity contribution >= 4 is 28.6 Å². The summed E-state index contributed by atoms with van der Waals surface area (Å²) >= 11 is -2.72. The van der Waals surface area contributed by atoms with Gasteiger partial charge in [-0.05, 0) is 63.1 Å². The van der Waals surface area contributed by atoms with E-state index in [4.69, 9.17) is 15.2 Å². The molecule has 0 aromatic heterocycles. The predicted molar refractivity (Wildman–Crippen MR) is 114 cm³/mol. The number of nitrogen functional groups attached to an aromatic ring is 1. The highest BCUT2D eigenvalue weighted by atomic mass is 32.2. The average Bonchev–Trinajstić information content (AvgIpc) is 2.64. The van der Waals surface area contributed by atoms with Gasteiger partial charge in [0.1, 0.15) is 0 Å². The molecule has 0 fully saturated rings. The van der Waals surface area contributed by atoms with Crippen molar-refractivity contribution in [1.82, 2.24) is 0 Å². The van der Waals surface area contributed by atoms with Gasteiger partial charge >= 0.3 is 5.97 Å². The Hall–Kier alpha value is -2.42. The number of benzene rings is 2. The Morgan fingerprint density at radius 2 is 1.55 bits per heavy atom. The highest BCUT2D eigenvalue weighted by Crippen LogP contribution is 2.28. The molecule has 29 heavy (non-hydrogen) atoms. The van der Waals surface area contributed by atoms with E-state index in [1.54, 1.807) is 43.3 Å². The van der Waals surface area contributed by atoms with Crippen molar-refractivity contribution in [2.75, 3.05) is 17.1 Å². The lowest BCUT2D eigenvalue weighted by Crippen LogP contribution is -2.52. The number of carbonyl (C=O) groups is 1. The molecule has 0 heterocycles. The normalized spacial score (nSPS) is 14.7. The minimum absolute atomic E-state index is 0.331. The van der Waals surface area contributed by atoms with Crippen molar-refractivity contribution in [3.8, 4) is 11.1 Å². The van der Waals surface area contributed by atoms with E-state index >= 15 is 0 Å². The maximum Gasteiger partial charge on any atom is 0.332 e. The standard InChI is InChI=1S/C21H28N2O5S/c1-14(28-21(2,3)4)19(20(24)27-5)23(29(25)26)18-12-8-16(9-13-18)15-6-10-17(22)11-7-15/h6-14,19H,22H2,1-5H3,(H,25,26)/p-1. The second kappa shape index (κ2) is 9.39. The molecule has 0 amide bonds. The summed E-state index contributed by atoms with van der Waals surface area (Å²) in [4.78, 5) is 12.4. The highest BCUT2D eigenvalue weighted by molar-refractivity contribution is 7.80. The van der Waals surface area contributed by atoms with Crippen LogP contribution < -0.4 is 10.0 Å². The fourth-order valence-corrected chi connectivity index (χ4v) is 3.77. The van der Waals surface area contributed by atoms with Gasteiger partial charge in [-0.3, -0.25) is 8.51 Å². The molecule has 0 spiro atoms. The number of anilines is 2. The zero-order valence-corrected chi connectivity index (χ0v) is 18.1. The molecule has 0 radical (unpaired) electrons. The summed E-state index contributed by atoms with van der Waals surface area (Å²) in [7, 11) is 1.22. The Morgan fingerprint density at radius 1 is 1.07 bits per heavy atom. The number of rotatable bonds is 7. The summed E-state index contributed by atoms with van der Waals surface area (Å²) in [6.07, 6.45) is -0.739. The molecule has 158 valence electrons. The van der Waals surface area contributed by atoms with Gasteiger partial charge in [0.15, 0.2) is 6.04 Å². The van der Waals surface area contributed by atoms with Crippen LogP contribution in [0.1, 0.15) is 27.7 Å². The molecule has 2 rings (SSSR count). The van der Waals surface area contributed by atoms with Crippen LogP contribution in [0.2, 0.25) is 0 Å². The third-order valence-corrected chi connectivity index (χ3v) is 4.96. The van der Waals surface area contributed by atoms with Gasteiger partial charge in [-0.1, -0.05) is 24.3 Å². The Bertz CT molecular complexity index is 847. The van der Waals surface area contributed by atoms with Crippen LogP contribution in [0, 0.1) is 0 Å². The first-order chi connectivity index (χ1) is 13.5. The van der Waals surface area contributed by atoms with Crippen LogP contribution in [0.25, 0.3) is 11.1 Å². The van der Waals surface area contributed by atoms with Crippen molar-refractivity contribution in [3.63, 3.8) is 0 Å². The molecule has 2 aromatic rings. The monoisotopic (exact) mass is 419 g/mol. The van der Waals surface area contributed by atoms with Crippen LogP contribution in [-0.4, -0.2) is 39.6 Å². The predicted octanol–water partition coefficient (Wildman–Crippen LogP) is 3.28. The van der Waals surface area contributed by atoms with Gasteiger partial charge in [-0.15, -0.1) is 0 Å². The van der Waals surface area contributed by atoms with Gasteiger partial charge in [0.05, 0.1) is 18.8 Å². The minimum Gasteiger partial charge on any atom is -0.755 e.